The zero-order valence-electron chi connectivity index (χ0n) is 12.0. The molecule has 4 nitrogen and oxygen atoms in total. The lowest BCUT2D eigenvalue weighted by atomic mass is 10.2. The highest BCUT2D eigenvalue weighted by molar-refractivity contribution is 5.91. The van der Waals surface area contributed by atoms with Crippen LogP contribution < -0.4 is 5.48 Å². The largest absolute Gasteiger partial charge is 0.477 e. The molecule has 0 atom stereocenters. The fourth-order valence-corrected chi connectivity index (χ4v) is 1.77. The fourth-order valence-electron chi connectivity index (χ4n) is 1.77. The van der Waals surface area contributed by atoms with Gasteiger partial charge in [-0.25, -0.2) is 4.79 Å². The molecule has 112 valence electrons. The molecular formula is C18H17NO3. The number of aliphatic carboxylic acids is 1. The van der Waals surface area contributed by atoms with Crippen molar-refractivity contribution in [2.24, 2.45) is 0 Å². The van der Waals surface area contributed by atoms with Crippen molar-refractivity contribution < 1.29 is 14.7 Å². The van der Waals surface area contributed by atoms with Crippen LogP contribution in [0.4, 0.5) is 0 Å². The Morgan fingerprint density at radius 2 is 1.59 bits per heavy atom. The average Bonchev–Trinajstić information content (AvgIpc) is 2.55. The summed E-state index contributed by atoms with van der Waals surface area (Å²) in [7, 11) is 0. The van der Waals surface area contributed by atoms with E-state index in [-0.39, 0.29) is 12.3 Å². The Balaban J connectivity index is 1.87. The molecule has 2 aromatic rings. The second kappa shape index (κ2) is 8.44. The van der Waals surface area contributed by atoms with Crippen LogP contribution in [0.25, 0.3) is 12.2 Å². The molecule has 2 rings (SSSR count). The Morgan fingerprint density at radius 1 is 1.00 bits per heavy atom. The molecular weight excluding hydrogens is 278 g/mol. The van der Waals surface area contributed by atoms with Gasteiger partial charge < -0.3 is 5.11 Å². The summed E-state index contributed by atoms with van der Waals surface area (Å²) in [5.41, 5.74) is 4.30. The normalized spacial score (nSPS) is 11.5. The van der Waals surface area contributed by atoms with E-state index >= 15 is 0 Å². The molecule has 0 heterocycles. The maximum absolute atomic E-state index is 11.2. The highest BCUT2D eigenvalue weighted by atomic mass is 16.6. The van der Waals surface area contributed by atoms with Gasteiger partial charge in [0.25, 0.3) is 0 Å². The molecule has 0 bridgehead atoms. The van der Waals surface area contributed by atoms with E-state index in [9.17, 15) is 4.79 Å². The molecule has 0 aromatic heterocycles. The van der Waals surface area contributed by atoms with Gasteiger partial charge in [-0.2, -0.15) is 0 Å². The maximum atomic E-state index is 11.2. The summed E-state index contributed by atoms with van der Waals surface area (Å²) < 4.78 is 0. The summed E-state index contributed by atoms with van der Waals surface area (Å²) in [5, 5.41) is 9.14. The monoisotopic (exact) mass is 295 g/mol. The number of rotatable bonds is 7. The molecule has 0 aliphatic rings. The van der Waals surface area contributed by atoms with E-state index < -0.39 is 5.97 Å². The molecule has 2 aromatic carbocycles. The number of nitrogens with one attached hydrogen (secondary N) is 1. The predicted octanol–water partition coefficient (Wildman–Crippen LogP) is 3.35. The lowest BCUT2D eigenvalue weighted by Gasteiger charge is -2.06. The van der Waals surface area contributed by atoms with Crippen molar-refractivity contribution in [3.8, 4) is 0 Å². The third kappa shape index (κ3) is 5.26. The molecule has 4 heteroatoms. The average molecular weight is 295 g/mol. The van der Waals surface area contributed by atoms with Gasteiger partial charge in [-0.05, 0) is 17.2 Å². The standard InChI is InChI=1S/C18H17NO3/c20-18(21)17(14-16-10-5-2-6-11-16)19-22-13-7-12-15-8-3-1-4-9-15/h1-12,14,19H,13H2,(H,20,21). The number of hydroxylamine groups is 1. The first-order valence-electron chi connectivity index (χ1n) is 6.85. The number of carboxylic acids is 1. The summed E-state index contributed by atoms with van der Waals surface area (Å²) in [6.45, 7) is 0.258. The molecule has 0 radical (unpaired) electrons. The van der Waals surface area contributed by atoms with E-state index in [0.29, 0.717) is 0 Å². The Kier molecular flexibility index (Phi) is 5.96. The molecule has 0 aliphatic carbocycles. The van der Waals surface area contributed by atoms with E-state index in [1.165, 1.54) is 6.08 Å². The predicted molar refractivity (Wildman–Crippen MR) is 86.6 cm³/mol. The number of hydrogen-bond donors (Lipinski definition) is 2. The summed E-state index contributed by atoms with van der Waals surface area (Å²) in [6, 6.07) is 19.0. The van der Waals surface area contributed by atoms with Crippen LogP contribution in [0.15, 0.2) is 72.4 Å². The van der Waals surface area contributed by atoms with Crippen LogP contribution in [0.5, 0.6) is 0 Å². The maximum Gasteiger partial charge on any atom is 0.354 e. The highest BCUT2D eigenvalue weighted by Crippen LogP contribution is 2.05. The molecule has 0 spiro atoms. The topological polar surface area (TPSA) is 58.6 Å². The van der Waals surface area contributed by atoms with Gasteiger partial charge in [0.15, 0.2) is 0 Å². The Labute approximate surface area is 129 Å². The van der Waals surface area contributed by atoms with Gasteiger partial charge >= 0.3 is 5.97 Å². The fraction of sp³-hybridized carbons (Fsp3) is 0.0556. The number of hydrogen-bond acceptors (Lipinski definition) is 3. The lowest BCUT2D eigenvalue weighted by molar-refractivity contribution is -0.134. The molecule has 0 aliphatic heterocycles. The minimum absolute atomic E-state index is 0.0145. The molecule has 0 unspecified atom stereocenters. The third-order valence-corrected chi connectivity index (χ3v) is 2.81. The molecule has 0 saturated carbocycles. The van der Waals surface area contributed by atoms with Crippen LogP contribution in [0.2, 0.25) is 0 Å². The first-order chi connectivity index (χ1) is 10.8. The van der Waals surface area contributed by atoms with Gasteiger partial charge in [-0.15, -0.1) is 0 Å². The SMILES string of the molecule is O=C(O)C(=Cc1ccccc1)NOCC=Cc1ccccc1. The molecule has 0 saturated heterocycles. The zero-order chi connectivity index (χ0) is 15.6. The van der Waals surface area contributed by atoms with Crippen LogP contribution in [0.3, 0.4) is 0 Å². The van der Waals surface area contributed by atoms with Gasteiger partial charge in [-0.1, -0.05) is 72.8 Å². The van der Waals surface area contributed by atoms with Gasteiger partial charge in [0.05, 0.1) is 6.61 Å². The van der Waals surface area contributed by atoms with Gasteiger partial charge in [0, 0.05) is 0 Å². The Bertz CT molecular complexity index is 649. The van der Waals surface area contributed by atoms with Crippen molar-refractivity contribution in [2.75, 3.05) is 6.61 Å². The number of carboxylic acid groups (broad SMARTS) is 1. The smallest absolute Gasteiger partial charge is 0.354 e. The van der Waals surface area contributed by atoms with Crippen LogP contribution in [-0.4, -0.2) is 17.7 Å². The summed E-state index contributed by atoms with van der Waals surface area (Å²) >= 11 is 0. The van der Waals surface area contributed by atoms with Gasteiger partial charge in [0.1, 0.15) is 5.70 Å². The first kappa shape index (κ1) is 15.5. The molecule has 22 heavy (non-hydrogen) atoms. The van der Waals surface area contributed by atoms with Gasteiger partial charge in [0.2, 0.25) is 0 Å². The van der Waals surface area contributed by atoms with E-state index in [4.69, 9.17) is 9.94 Å². The molecule has 0 amide bonds. The van der Waals surface area contributed by atoms with E-state index in [1.54, 1.807) is 0 Å². The summed E-state index contributed by atoms with van der Waals surface area (Å²) in [4.78, 5) is 16.3. The quantitative estimate of drug-likeness (QED) is 0.467. The second-order valence-electron chi connectivity index (χ2n) is 4.50. The van der Waals surface area contributed by atoms with Crippen LogP contribution in [0.1, 0.15) is 11.1 Å². The van der Waals surface area contributed by atoms with E-state index in [1.807, 2.05) is 72.8 Å². The summed E-state index contributed by atoms with van der Waals surface area (Å²) in [6.07, 6.45) is 5.23. The van der Waals surface area contributed by atoms with Crippen molar-refractivity contribution in [3.05, 3.63) is 83.6 Å². The zero-order valence-corrected chi connectivity index (χ0v) is 12.0. The third-order valence-electron chi connectivity index (χ3n) is 2.81. The van der Waals surface area contributed by atoms with Crippen molar-refractivity contribution in [2.45, 2.75) is 0 Å². The first-order valence-corrected chi connectivity index (χ1v) is 6.85. The van der Waals surface area contributed by atoms with Crippen molar-refractivity contribution in [3.63, 3.8) is 0 Å². The highest BCUT2D eigenvalue weighted by Gasteiger charge is 2.06. The van der Waals surface area contributed by atoms with Crippen LogP contribution >= 0.6 is 0 Å². The van der Waals surface area contributed by atoms with Crippen molar-refractivity contribution in [1.29, 1.82) is 0 Å². The van der Waals surface area contributed by atoms with E-state index in [0.717, 1.165) is 11.1 Å². The second-order valence-corrected chi connectivity index (χ2v) is 4.50. The molecule has 2 N–H and O–H groups in total. The minimum Gasteiger partial charge on any atom is -0.477 e. The van der Waals surface area contributed by atoms with Crippen LogP contribution in [-0.2, 0) is 9.63 Å². The van der Waals surface area contributed by atoms with E-state index in [2.05, 4.69) is 5.48 Å². The Hall–Kier alpha value is -2.85. The number of benzene rings is 2. The van der Waals surface area contributed by atoms with Crippen LogP contribution in [0, 0.1) is 0 Å². The van der Waals surface area contributed by atoms with Crippen molar-refractivity contribution in [1.82, 2.24) is 5.48 Å². The summed E-state index contributed by atoms with van der Waals surface area (Å²) in [5.74, 6) is -1.07. The lowest BCUT2D eigenvalue weighted by Crippen LogP contribution is -2.20. The van der Waals surface area contributed by atoms with Crippen molar-refractivity contribution >= 4 is 18.1 Å². The Morgan fingerprint density at radius 3 is 2.18 bits per heavy atom. The molecule has 0 fully saturated rings. The minimum atomic E-state index is -1.07. The number of carbonyl (C=O) groups is 1. The van der Waals surface area contributed by atoms with Gasteiger partial charge in [-0.3, -0.25) is 10.3 Å².